The summed E-state index contributed by atoms with van der Waals surface area (Å²) in [6.07, 6.45) is 3.41. The minimum atomic E-state index is -3.36. The van der Waals surface area contributed by atoms with Crippen LogP contribution in [0, 0.1) is 6.92 Å². The number of hydrogen-bond acceptors (Lipinski definition) is 3. The summed E-state index contributed by atoms with van der Waals surface area (Å²) in [5.41, 5.74) is 1.07. The molecule has 0 amide bonds. The number of hydrogen-bond donors (Lipinski definition) is 1. The largest absolute Gasteiger partial charge is 0.313 e. The average Bonchev–Trinajstić information content (AvgIpc) is 2.40. The first-order valence-electron chi connectivity index (χ1n) is 6.76. The molecule has 1 aliphatic rings. The van der Waals surface area contributed by atoms with Gasteiger partial charge in [-0.25, -0.2) is 8.42 Å². The summed E-state index contributed by atoms with van der Waals surface area (Å²) < 4.78 is 26.3. The Kier molecular flexibility index (Phi) is 4.60. The van der Waals surface area contributed by atoms with Gasteiger partial charge in [-0.1, -0.05) is 24.1 Å². The van der Waals surface area contributed by atoms with Gasteiger partial charge in [0.25, 0.3) is 0 Å². The lowest BCUT2D eigenvalue weighted by Crippen LogP contribution is -2.44. The van der Waals surface area contributed by atoms with Crippen molar-refractivity contribution < 1.29 is 8.42 Å². The molecule has 1 aliphatic heterocycles. The van der Waals surface area contributed by atoms with Gasteiger partial charge in [0.05, 0.1) is 4.90 Å². The lowest BCUT2D eigenvalue weighted by Gasteiger charge is -2.27. The van der Waals surface area contributed by atoms with Gasteiger partial charge in [0.1, 0.15) is 0 Å². The SMILES string of the molecule is Cc1ccc(S(=O)(=O)N(C)CC2CCCCN2)cc1. The van der Waals surface area contributed by atoms with Crippen LogP contribution in [-0.4, -0.2) is 38.9 Å². The summed E-state index contributed by atoms with van der Waals surface area (Å²) in [5.74, 6) is 0. The predicted octanol–water partition coefficient (Wildman–Crippen LogP) is 1.76. The molecule has 1 aromatic rings. The van der Waals surface area contributed by atoms with Crippen molar-refractivity contribution in [3.8, 4) is 0 Å². The third kappa shape index (κ3) is 3.55. The molecule has 0 aliphatic carbocycles. The highest BCUT2D eigenvalue weighted by Gasteiger charge is 2.24. The molecule has 1 N–H and O–H groups in total. The molecular formula is C14H22N2O2S. The van der Waals surface area contributed by atoms with Gasteiger partial charge < -0.3 is 5.32 Å². The van der Waals surface area contributed by atoms with Gasteiger partial charge >= 0.3 is 0 Å². The van der Waals surface area contributed by atoms with Crippen molar-refractivity contribution in [3.63, 3.8) is 0 Å². The number of rotatable bonds is 4. The van der Waals surface area contributed by atoms with Crippen molar-refractivity contribution in [1.29, 1.82) is 0 Å². The fourth-order valence-electron chi connectivity index (χ4n) is 2.38. The molecule has 1 atom stereocenters. The third-order valence-corrected chi connectivity index (χ3v) is 5.46. The second-order valence-electron chi connectivity index (χ2n) is 5.25. The van der Waals surface area contributed by atoms with Crippen molar-refractivity contribution in [3.05, 3.63) is 29.8 Å². The maximum absolute atomic E-state index is 12.4. The van der Waals surface area contributed by atoms with Crippen LogP contribution in [0.2, 0.25) is 0 Å². The normalized spacial score (nSPS) is 20.7. The molecule has 1 aromatic carbocycles. The highest BCUT2D eigenvalue weighted by Crippen LogP contribution is 2.17. The number of benzene rings is 1. The number of nitrogens with one attached hydrogen (secondary N) is 1. The van der Waals surface area contributed by atoms with Gasteiger partial charge in [0.2, 0.25) is 10.0 Å². The third-order valence-electron chi connectivity index (χ3n) is 3.62. The summed E-state index contributed by atoms with van der Waals surface area (Å²) in [5, 5.41) is 3.38. The number of nitrogens with zero attached hydrogens (tertiary/aromatic N) is 1. The van der Waals surface area contributed by atoms with E-state index in [0.717, 1.165) is 18.5 Å². The molecule has 2 rings (SSSR count). The van der Waals surface area contributed by atoms with Crippen LogP contribution in [0.5, 0.6) is 0 Å². The number of sulfonamides is 1. The van der Waals surface area contributed by atoms with Crippen LogP contribution in [0.25, 0.3) is 0 Å². The van der Waals surface area contributed by atoms with Crippen molar-refractivity contribution in [2.75, 3.05) is 20.1 Å². The molecule has 0 spiro atoms. The molecule has 0 aromatic heterocycles. The van der Waals surface area contributed by atoms with E-state index in [2.05, 4.69) is 5.32 Å². The molecule has 106 valence electrons. The molecule has 1 unspecified atom stereocenters. The van der Waals surface area contributed by atoms with E-state index in [0.29, 0.717) is 11.4 Å². The predicted molar refractivity (Wildman–Crippen MR) is 76.6 cm³/mol. The second kappa shape index (κ2) is 6.03. The summed E-state index contributed by atoms with van der Waals surface area (Å²) >= 11 is 0. The quantitative estimate of drug-likeness (QED) is 0.915. The summed E-state index contributed by atoms with van der Waals surface area (Å²) in [7, 11) is -1.70. The zero-order valence-corrected chi connectivity index (χ0v) is 12.4. The standard InChI is InChI=1S/C14H22N2O2S/c1-12-6-8-14(9-7-12)19(17,18)16(2)11-13-5-3-4-10-15-13/h6-9,13,15H,3-5,10-11H2,1-2H3. The van der Waals surface area contributed by atoms with Crippen LogP contribution < -0.4 is 5.32 Å². The van der Waals surface area contributed by atoms with E-state index in [9.17, 15) is 8.42 Å². The van der Waals surface area contributed by atoms with Crippen LogP contribution in [0.4, 0.5) is 0 Å². The van der Waals surface area contributed by atoms with Crippen LogP contribution in [0.3, 0.4) is 0 Å². The first-order valence-corrected chi connectivity index (χ1v) is 8.20. The Morgan fingerprint density at radius 1 is 1.26 bits per heavy atom. The Bertz CT molecular complexity index is 505. The van der Waals surface area contributed by atoms with Crippen molar-refractivity contribution in [1.82, 2.24) is 9.62 Å². The highest BCUT2D eigenvalue weighted by atomic mass is 32.2. The zero-order chi connectivity index (χ0) is 13.9. The van der Waals surface area contributed by atoms with Crippen LogP contribution in [0.15, 0.2) is 29.2 Å². The fraction of sp³-hybridized carbons (Fsp3) is 0.571. The molecule has 4 nitrogen and oxygen atoms in total. The maximum atomic E-state index is 12.4. The lowest BCUT2D eigenvalue weighted by atomic mass is 10.1. The Morgan fingerprint density at radius 2 is 1.95 bits per heavy atom. The number of likely N-dealkylation sites (N-methyl/N-ethyl adjacent to an activating group) is 1. The molecule has 1 saturated heterocycles. The van der Waals surface area contributed by atoms with Crippen LogP contribution in [0.1, 0.15) is 24.8 Å². The maximum Gasteiger partial charge on any atom is 0.242 e. The summed E-state index contributed by atoms with van der Waals surface area (Å²) in [6, 6.07) is 7.29. The Hall–Kier alpha value is -0.910. The molecule has 0 bridgehead atoms. The van der Waals surface area contributed by atoms with Gasteiger partial charge in [-0.2, -0.15) is 4.31 Å². The molecule has 0 saturated carbocycles. The monoisotopic (exact) mass is 282 g/mol. The number of piperidine rings is 1. The first kappa shape index (κ1) is 14.5. The first-order chi connectivity index (χ1) is 9.00. The van der Waals surface area contributed by atoms with Gasteiger partial charge in [-0.05, 0) is 38.4 Å². The van der Waals surface area contributed by atoms with Crippen molar-refractivity contribution in [2.24, 2.45) is 0 Å². The molecule has 0 radical (unpaired) electrons. The Balaban J connectivity index is 2.07. The Morgan fingerprint density at radius 3 is 2.53 bits per heavy atom. The minimum Gasteiger partial charge on any atom is -0.313 e. The average molecular weight is 282 g/mol. The van der Waals surface area contributed by atoms with Crippen LogP contribution in [-0.2, 0) is 10.0 Å². The van der Waals surface area contributed by atoms with E-state index in [4.69, 9.17) is 0 Å². The van der Waals surface area contributed by atoms with Gasteiger partial charge in [0.15, 0.2) is 0 Å². The van der Waals surface area contributed by atoms with E-state index in [-0.39, 0.29) is 6.04 Å². The molecule has 1 heterocycles. The van der Waals surface area contributed by atoms with Gasteiger partial charge in [0, 0.05) is 19.6 Å². The fourth-order valence-corrected chi connectivity index (χ4v) is 3.59. The summed E-state index contributed by atoms with van der Waals surface area (Å²) in [6.45, 7) is 3.48. The highest BCUT2D eigenvalue weighted by molar-refractivity contribution is 7.89. The molecule has 1 fully saturated rings. The van der Waals surface area contributed by atoms with Gasteiger partial charge in [-0.15, -0.1) is 0 Å². The lowest BCUT2D eigenvalue weighted by molar-refractivity contribution is 0.337. The Labute approximate surface area is 115 Å². The molecular weight excluding hydrogens is 260 g/mol. The van der Waals surface area contributed by atoms with E-state index in [1.54, 1.807) is 19.2 Å². The molecule has 5 heteroatoms. The van der Waals surface area contributed by atoms with Gasteiger partial charge in [-0.3, -0.25) is 0 Å². The minimum absolute atomic E-state index is 0.277. The second-order valence-corrected chi connectivity index (χ2v) is 7.29. The van der Waals surface area contributed by atoms with Crippen molar-refractivity contribution in [2.45, 2.75) is 37.1 Å². The van der Waals surface area contributed by atoms with E-state index < -0.39 is 10.0 Å². The zero-order valence-electron chi connectivity index (χ0n) is 11.6. The smallest absolute Gasteiger partial charge is 0.242 e. The number of aryl methyl sites for hydroxylation is 1. The molecule has 19 heavy (non-hydrogen) atoms. The van der Waals surface area contributed by atoms with E-state index in [1.165, 1.54) is 17.1 Å². The van der Waals surface area contributed by atoms with Crippen molar-refractivity contribution >= 4 is 10.0 Å². The van der Waals surface area contributed by atoms with E-state index >= 15 is 0 Å². The van der Waals surface area contributed by atoms with E-state index in [1.807, 2.05) is 19.1 Å². The topological polar surface area (TPSA) is 49.4 Å². The summed E-state index contributed by atoms with van der Waals surface area (Å²) in [4.78, 5) is 0.372. The van der Waals surface area contributed by atoms with Crippen LogP contribution >= 0.6 is 0 Å².